The molecule has 3 heterocycles. The van der Waals surface area contributed by atoms with E-state index in [9.17, 15) is 4.79 Å². The van der Waals surface area contributed by atoms with Crippen LogP contribution in [0.5, 0.6) is 0 Å². The first-order valence-corrected chi connectivity index (χ1v) is 10.7. The van der Waals surface area contributed by atoms with E-state index in [2.05, 4.69) is 25.4 Å². The molecule has 32 heavy (non-hydrogen) atoms. The number of benzene rings is 1. The smallest absolute Gasteiger partial charge is 0.276 e. The van der Waals surface area contributed by atoms with Gasteiger partial charge in [-0.25, -0.2) is 0 Å². The number of aromatic nitrogens is 3. The van der Waals surface area contributed by atoms with Crippen molar-refractivity contribution in [3.05, 3.63) is 77.5 Å². The predicted molar refractivity (Wildman–Crippen MR) is 125 cm³/mol. The van der Waals surface area contributed by atoms with Crippen molar-refractivity contribution < 1.29 is 4.79 Å². The van der Waals surface area contributed by atoms with Crippen LogP contribution >= 0.6 is 0 Å². The Hall–Kier alpha value is -3.91. The van der Waals surface area contributed by atoms with Gasteiger partial charge in [-0.15, -0.1) is 0 Å². The average molecular weight is 428 g/mol. The maximum Gasteiger partial charge on any atom is 0.276 e. The number of fused-ring (bicyclic) bond motifs is 1. The van der Waals surface area contributed by atoms with Crippen LogP contribution in [0.25, 0.3) is 22.0 Å². The van der Waals surface area contributed by atoms with E-state index in [1.54, 1.807) is 12.4 Å². The lowest BCUT2D eigenvalue weighted by Crippen LogP contribution is -2.38. The predicted octanol–water partition coefficient (Wildman–Crippen LogP) is 2.70. The molecule has 1 aromatic carbocycles. The first kappa shape index (κ1) is 20.0. The lowest BCUT2D eigenvalue weighted by Gasteiger charge is -2.31. The third-order valence-corrected chi connectivity index (χ3v) is 5.89. The minimum atomic E-state index is -0.278. The van der Waals surface area contributed by atoms with Gasteiger partial charge in [-0.2, -0.15) is 5.10 Å². The average Bonchev–Trinajstić information content (AvgIpc) is 3.11. The third-order valence-electron chi connectivity index (χ3n) is 5.89. The number of aromatic amines is 1. The molecule has 8 nitrogen and oxygen atoms in total. The van der Waals surface area contributed by atoms with Crippen LogP contribution in [0.15, 0.2) is 71.9 Å². The summed E-state index contributed by atoms with van der Waals surface area (Å²) in [6.45, 7) is 3.08. The molecule has 3 aromatic rings. The molecular weight excluding hydrogens is 402 g/mol. The Balaban J connectivity index is 1.36. The van der Waals surface area contributed by atoms with Crippen molar-refractivity contribution in [2.45, 2.75) is 12.8 Å². The number of carbonyl (C=O) groups excluding carboxylic acids is 1. The van der Waals surface area contributed by atoms with Gasteiger partial charge in [0.15, 0.2) is 5.69 Å². The molecule has 1 aliphatic heterocycles. The SMILES string of the molecule is NC1=C(CN2CCC2)C=CC(NC(=O)c2n[nH]c3ccc(-c4cncc(N)c4)cc23)=CC1. The van der Waals surface area contributed by atoms with Crippen LogP contribution in [-0.2, 0) is 0 Å². The number of nitrogens with one attached hydrogen (secondary N) is 2. The van der Waals surface area contributed by atoms with Crippen LogP contribution in [-0.4, -0.2) is 45.6 Å². The number of anilines is 1. The summed E-state index contributed by atoms with van der Waals surface area (Å²) in [7, 11) is 0. The summed E-state index contributed by atoms with van der Waals surface area (Å²) < 4.78 is 0. The summed E-state index contributed by atoms with van der Waals surface area (Å²) in [5.74, 6) is -0.278. The van der Waals surface area contributed by atoms with Crippen molar-refractivity contribution in [3.63, 3.8) is 0 Å². The lowest BCUT2D eigenvalue weighted by atomic mass is 10.0. The van der Waals surface area contributed by atoms with E-state index in [4.69, 9.17) is 11.5 Å². The van der Waals surface area contributed by atoms with Crippen LogP contribution in [0.2, 0.25) is 0 Å². The number of carbonyl (C=O) groups is 1. The Bertz CT molecular complexity index is 1280. The molecule has 2 aliphatic rings. The number of nitrogen functional groups attached to an aromatic ring is 1. The van der Waals surface area contributed by atoms with E-state index in [-0.39, 0.29) is 5.91 Å². The number of hydrogen-bond donors (Lipinski definition) is 4. The largest absolute Gasteiger partial charge is 0.402 e. The Labute approximate surface area is 185 Å². The van der Waals surface area contributed by atoms with Crippen LogP contribution in [0.1, 0.15) is 23.3 Å². The Morgan fingerprint density at radius 1 is 1.12 bits per heavy atom. The fourth-order valence-electron chi connectivity index (χ4n) is 3.92. The molecule has 8 heteroatoms. The topological polar surface area (TPSA) is 126 Å². The van der Waals surface area contributed by atoms with Gasteiger partial charge in [-0.05, 0) is 54.9 Å². The molecule has 0 radical (unpaired) electrons. The van der Waals surface area contributed by atoms with Crippen LogP contribution in [0, 0.1) is 0 Å². The number of amides is 1. The molecule has 1 fully saturated rings. The van der Waals surface area contributed by atoms with Gasteiger partial charge < -0.3 is 16.8 Å². The maximum atomic E-state index is 13.0. The van der Waals surface area contributed by atoms with Gasteiger partial charge in [0.1, 0.15) is 0 Å². The number of likely N-dealkylation sites (tertiary alicyclic amines) is 1. The van der Waals surface area contributed by atoms with E-state index in [0.29, 0.717) is 23.5 Å². The number of nitrogens with two attached hydrogens (primary N) is 2. The van der Waals surface area contributed by atoms with E-state index >= 15 is 0 Å². The molecule has 1 saturated heterocycles. The summed E-state index contributed by atoms with van der Waals surface area (Å²) >= 11 is 0. The molecule has 5 rings (SSSR count). The minimum absolute atomic E-state index is 0.278. The number of H-pyrrole nitrogens is 1. The zero-order chi connectivity index (χ0) is 22.1. The molecule has 1 amide bonds. The van der Waals surface area contributed by atoms with Gasteiger partial charge in [-0.3, -0.25) is 19.8 Å². The van der Waals surface area contributed by atoms with E-state index in [1.807, 2.05) is 42.5 Å². The van der Waals surface area contributed by atoms with Gasteiger partial charge in [0.05, 0.1) is 11.2 Å². The first-order valence-electron chi connectivity index (χ1n) is 10.7. The first-order chi connectivity index (χ1) is 15.6. The Kier molecular flexibility index (Phi) is 5.20. The van der Waals surface area contributed by atoms with Crippen LogP contribution in [0.3, 0.4) is 0 Å². The van der Waals surface area contributed by atoms with Crippen molar-refractivity contribution in [2.75, 3.05) is 25.4 Å². The Morgan fingerprint density at radius 3 is 2.78 bits per heavy atom. The molecule has 1 aliphatic carbocycles. The highest BCUT2D eigenvalue weighted by molar-refractivity contribution is 6.06. The molecule has 0 atom stereocenters. The van der Waals surface area contributed by atoms with Crippen molar-refractivity contribution >= 4 is 22.5 Å². The standard InChI is InChI=1S/C24H25N7O/c25-18-10-17(12-27-13-18)15-3-7-22-20(11-15)23(30-29-22)24(32)28-19-4-2-16(21(26)6-5-19)14-31-8-1-9-31/h2-5,7,10-13H,1,6,8-9,14,25-26H2,(H,28,32)(H,29,30). The molecule has 6 N–H and O–H groups in total. The zero-order valence-corrected chi connectivity index (χ0v) is 17.6. The van der Waals surface area contributed by atoms with E-state index in [0.717, 1.165) is 52.9 Å². The molecule has 0 bridgehead atoms. The second kappa shape index (κ2) is 8.32. The van der Waals surface area contributed by atoms with Crippen LogP contribution < -0.4 is 16.8 Å². The highest BCUT2D eigenvalue weighted by Gasteiger charge is 2.18. The summed E-state index contributed by atoms with van der Waals surface area (Å²) in [5.41, 5.74) is 18.3. The quantitative estimate of drug-likeness (QED) is 0.496. The van der Waals surface area contributed by atoms with Crippen molar-refractivity contribution in [1.82, 2.24) is 25.4 Å². The van der Waals surface area contributed by atoms with Gasteiger partial charge >= 0.3 is 0 Å². The zero-order valence-electron chi connectivity index (χ0n) is 17.6. The monoisotopic (exact) mass is 427 g/mol. The normalized spacial score (nSPS) is 16.6. The summed E-state index contributed by atoms with van der Waals surface area (Å²) in [6.07, 6.45) is 11.0. The minimum Gasteiger partial charge on any atom is -0.402 e. The van der Waals surface area contributed by atoms with Crippen molar-refractivity contribution in [2.24, 2.45) is 5.73 Å². The van der Waals surface area contributed by atoms with E-state index in [1.165, 1.54) is 6.42 Å². The molecule has 162 valence electrons. The highest BCUT2D eigenvalue weighted by Crippen LogP contribution is 2.26. The Morgan fingerprint density at radius 2 is 2.00 bits per heavy atom. The van der Waals surface area contributed by atoms with E-state index < -0.39 is 0 Å². The summed E-state index contributed by atoms with van der Waals surface area (Å²) in [5, 5.41) is 10.9. The van der Waals surface area contributed by atoms with Crippen molar-refractivity contribution in [1.29, 1.82) is 0 Å². The molecule has 2 aromatic heterocycles. The summed E-state index contributed by atoms with van der Waals surface area (Å²) in [4.78, 5) is 19.6. The number of pyridine rings is 1. The molecule has 0 unspecified atom stereocenters. The molecule has 0 saturated carbocycles. The number of rotatable bonds is 5. The number of allylic oxidation sites excluding steroid dienone is 2. The van der Waals surface area contributed by atoms with Gasteiger partial charge in [0.2, 0.25) is 0 Å². The highest BCUT2D eigenvalue weighted by atomic mass is 16.1. The lowest BCUT2D eigenvalue weighted by molar-refractivity contribution is 0.0963. The molecular formula is C24H25N7O. The van der Waals surface area contributed by atoms with Gasteiger partial charge in [0.25, 0.3) is 5.91 Å². The van der Waals surface area contributed by atoms with Gasteiger partial charge in [0, 0.05) is 47.7 Å². The maximum absolute atomic E-state index is 13.0. The summed E-state index contributed by atoms with van der Waals surface area (Å²) in [6, 6.07) is 7.62. The second-order valence-electron chi connectivity index (χ2n) is 8.17. The van der Waals surface area contributed by atoms with Gasteiger partial charge in [-0.1, -0.05) is 18.2 Å². The van der Waals surface area contributed by atoms with Crippen LogP contribution in [0.4, 0.5) is 5.69 Å². The second-order valence-corrected chi connectivity index (χ2v) is 8.17. The number of hydrogen-bond acceptors (Lipinski definition) is 6. The fourth-order valence-corrected chi connectivity index (χ4v) is 3.92. The van der Waals surface area contributed by atoms with Crippen molar-refractivity contribution in [3.8, 4) is 11.1 Å². The molecule has 0 spiro atoms. The third kappa shape index (κ3) is 4.00. The number of nitrogens with zero attached hydrogens (tertiary/aromatic N) is 3. The fraction of sp³-hybridized carbons (Fsp3) is 0.208.